The Morgan fingerprint density at radius 3 is 3.00 bits per heavy atom. The first kappa shape index (κ1) is 20.9. The molecule has 1 aromatic heterocycles. The van der Waals surface area contributed by atoms with Gasteiger partial charge in [-0.2, -0.15) is 0 Å². The monoisotopic (exact) mass is 419 g/mol. The lowest BCUT2D eigenvalue weighted by molar-refractivity contribution is 0.565. The van der Waals surface area contributed by atoms with Gasteiger partial charge in [-0.15, -0.1) is 11.3 Å². The molecule has 7 heteroatoms. The summed E-state index contributed by atoms with van der Waals surface area (Å²) in [5.74, 6) is 1.47. The van der Waals surface area contributed by atoms with Crippen molar-refractivity contribution in [1.82, 2.24) is 15.6 Å². The quantitative estimate of drug-likeness (QED) is 0.527. The fraction of sp³-hybridized carbons (Fsp3) is 0.524. The maximum atomic E-state index is 6.19. The molecule has 0 spiro atoms. The molecule has 2 aromatic rings. The molecule has 1 unspecified atom stereocenters. The third-order valence-corrected chi connectivity index (χ3v) is 6.60. The highest BCUT2D eigenvalue weighted by Crippen LogP contribution is 2.29. The van der Waals surface area contributed by atoms with Gasteiger partial charge in [0.2, 0.25) is 0 Å². The van der Waals surface area contributed by atoms with Crippen LogP contribution >= 0.6 is 22.9 Å². The van der Waals surface area contributed by atoms with Gasteiger partial charge in [-0.05, 0) is 43.4 Å². The Kier molecular flexibility index (Phi) is 7.57. The molecule has 0 saturated carbocycles. The number of aliphatic imine (C=N–C) groups is 1. The van der Waals surface area contributed by atoms with E-state index in [1.54, 1.807) is 11.3 Å². The minimum absolute atomic E-state index is 0.600. The molecule has 0 aliphatic carbocycles. The zero-order chi connectivity index (χ0) is 19.9. The van der Waals surface area contributed by atoms with Crippen molar-refractivity contribution in [1.29, 1.82) is 0 Å². The lowest BCUT2D eigenvalue weighted by Crippen LogP contribution is -2.41. The summed E-state index contributed by atoms with van der Waals surface area (Å²) in [7, 11) is 1.82. The number of hydrogen-bond acceptors (Lipinski definition) is 4. The topological polar surface area (TPSA) is 52.6 Å². The van der Waals surface area contributed by atoms with Gasteiger partial charge in [-0.1, -0.05) is 24.6 Å². The van der Waals surface area contributed by atoms with Crippen molar-refractivity contribution >= 4 is 34.6 Å². The van der Waals surface area contributed by atoms with Crippen LogP contribution in [0, 0.1) is 12.8 Å². The third-order valence-electron chi connectivity index (χ3n) is 5.16. The van der Waals surface area contributed by atoms with Gasteiger partial charge in [0.15, 0.2) is 5.96 Å². The molecule has 28 heavy (non-hydrogen) atoms. The van der Waals surface area contributed by atoms with Crippen molar-refractivity contribution in [2.24, 2.45) is 10.9 Å². The molecule has 1 aromatic carbocycles. The number of halogens is 1. The third kappa shape index (κ3) is 5.61. The zero-order valence-electron chi connectivity index (χ0n) is 17.0. The summed E-state index contributed by atoms with van der Waals surface area (Å²) in [6, 6.07) is 6.14. The average molecular weight is 420 g/mol. The van der Waals surface area contributed by atoms with E-state index in [-0.39, 0.29) is 0 Å². The van der Waals surface area contributed by atoms with Gasteiger partial charge in [-0.3, -0.25) is 4.99 Å². The molecule has 152 valence electrons. The van der Waals surface area contributed by atoms with E-state index in [1.165, 1.54) is 27.6 Å². The van der Waals surface area contributed by atoms with Crippen LogP contribution < -0.4 is 15.5 Å². The lowest BCUT2D eigenvalue weighted by Gasteiger charge is -2.21. The first-order valence-electron chi connectivity index (χ1n) is 9.98. The molecule has 0 radical (unpaired) electrons. The fourth-order valence-corrected chi connectivity index (χ4v) is 4.55. The van der Waals surface area contributed by atoms with Gasteiger partial charge in [0.1, 0.15) is 0 Å². The number of rotatable bonds is 7. The van der Waals surface area contributed by atoms with Crippen LogP contribution in [0.25, 0.3) is 0 Å². The number of nitrogens with one attached hydrogen (secondary N) is 2. The van der Waals surface area contributed by atoms with E-state index in [0.717, 1.165) is 50.0 Å². The number of aromatic nitrogens is 1. The Bertz CT molecular complexity index is 804. The molecule has 0 amide bonds. The number of thiazole rings is 1. The minimum Gasteiger partial charge on any atom is -0.371 e. The average Bonchev–Trinajstić information content (AvgIpc) is 3.35. The molecule has 3 rings (SSSR count). The van der Waals surface area contributed by atoms with E-state index in [1.807, 2.05) is 19.3 Å². The highest BCUT2D eigenvalue weighted by atomic mass is 35.5. The molecular weight excluding hydrogens is 390 g/mol. The predicted octanol–water partition coefficient (Wildman–Crippen LogP) is 3.90. The molecule has 1 aliphatic rings. The fourth-order valence-electron chi connectivity index (χ4n) is 3.52. The molecular formula is C21H30ClN5S. The molecule has 2 heterocycles. The van der Waals surface area contributed by atoms with Crippen molar-refractivity contribution in [2.45, 2.75) is 33.1 Å². The highest BCUT2D eigenvalue weighted by Gasteiger charge is 2.24. The SMILES string of the molecule is CCc1cnc(CCNC(=NC)NCC2CCN(c3cc(Cl)ccc3C)C2)s1. The van der Waals surface area contributed by atoms with Crippen LogP contribution in [0.3, 0.4) is 0 Å². The van der Waals surface area contributed by atoms with Crippen LogP contribution in [0.1, 0.15) is 28.8 Å². The van der Waals surface area contributed by atoms with Crippen molar-refractivity contribution in [3.8, 4) is 0 Å². The van der Waals surface area contributed by atoms with Gasteiger partial charge in [0.25, 0.3) is 0 Å². The Morgan fingerprint density at radius 1 is 1.39 bits per heavy atom. The summed E-state index contributed by atoms with van der Waals surface area (Å²) < 4.78 is 0. The molecule has 2 N–H and O–H groups in total. The second-order valence-electron chi connectivity index (χ2n) is 7.24. The number of nitrogens with zero attached hydrogens (tertiary/aromatic N) is 3. The molecule has 0 bridgehead atoms. The Balaban J connectivity index is 1.42. The van der Waals surface area contributed by atoms with E-state index in [2.05, 4.69) is 51.5 Å². The maximum Gasteiger partial charge on any atom is 0.191 e. The second kappa shape index (κ2) is 10.1. The smallest absolute Gasteiger partial charge is 0.191 e. The highest BCUT2D eigenvalue weighted by molar-refractivity contribution is 7.11. The van der Waals surface area contributed by atoms with Gasteiger partial charge in [0, 0.05) is 61.4 Å². The summed E-state index contributed by atoms with van der Waals surface area (Å²) in [5, 5.41) is 8.87. The van der Waals surface area contributed by atoms with E-state index in [0.29, 0.717) is 5.92 Å². The molecule has 1 fully saturated rings. The summed E-state index contributed by atoms with van der Waals surface area (Å²) in [4.78, 5) is 12.6. The molecule has 1 aliphatic heterocycles. The van der Waals surface area contributed by atoms with Crippen molar-refractivity contribution in [3.63, 3.8) is 0 Å². The number of benzene rings is 1. The summed E-state index contributed by atoms with van der Waals surface area (Å²) in [6.45, 7) is 8.20. The first-order chi connectivity index (χ1) is 13.6. The van der Waals surface area contributed by atoms with E-state index in [9.17, 15) is 0 Å². The van der Waals surface area contributed by atoms with Crippen LogP contribution in [0.4, 0.5) is 5.69 Å². The predicted molar refractivity (Wildman–Crippen MR) is 121 cm³/mol. The van der Waals surface area contributed by atoms with Crippen LogP contribution in [0.15, 0.2) is 29.4 Å². The van der Waals surface area contributed by atoms with Crippen molar-refractivity contribution in [3.05, 3.63) is 44.9 Å². The van der Waals surface area contributed by atoms with Crippen molar-refractivity contribution < 1.29 is 0 Å². The summed E-state index contributed by atoms with van der Waals surface area (Å²) >= 11 is 7.99. The van der Waals surface area contributed by atoms with E-state index >= 15 is 0 Å². The zero-order valence-corrected chi connectivity index (χ0v) is 18.5. The Labute approximate surface area is 177 Å². The second-order valence-corrected chi connectivity index (χ2v) is 8.87. The summed E-state index contributed by atoms with van der Waals surface area (Å²) in [6.07, 6.45) is 5.15. The number of anilines is 1. The van der Waals surface area contributed by atoms with Gasteiger partial charge < -0.3 is 15.5 Å². The van der Waals surface area contributed by atoms with E-state index < -0.39 is 0 Å². The van der Waals surface area contributed by atoms with Crippen LogP contribution in [-0.2, 0) is 12.8 Å². The van der Waals surface area contributed by atoms with Gasteiger partial charge in [0.05, 0.1) is 5.01 Å². The van der Waals surface area contributed by atoms with Crippen LogP contribution in [-0.4, -0.2) is 44.2 Å². The van der Waals surface area contributed by atoms with Crippen LogP contribution in [0.5, 0.6) is 0 Å². The molecule has 5 nitrogen and oxygen atoms in total. The first-order valence-corrected chi connectivity index (χ1v) is 11.2. The number of guanidine groups is 1. The molecule has 1 saturated heterocycles. The Morgan fingerprint density at radius 2 is 2.25 bits per heavy atom. The van der Waals surface area contributed by atoms with Gasteiger partial charge >= 0.3 is 0 Å². The normalized spacial score (nSPS) is 17.2. The van der Waals surface area contributed by atoms with Crippen LogP contribution in [0.2, 0.25) is 5.02 Å². The molecule has 1 atom stereocenters. The lowest BCUT2D eigenvalue weighted by atomic mass is 10.1. The van der Waals surface area contributed by atoms with E-state index in [4.69, 9.17) is 11.6 Å². The standard InChI is InChI=1S/C21H30ClN5S/c1-4-18-13-25-20(28-18)7-9-24-21(23-3)26-12-16-8-10-27(14-16)19-11-17(22)6-5-15(19)2/h5-6,11,13,16H,4,7-10,12,14H2,1-3H3,(H2,23,24,26). The number of hydrogen-bond donors (Lipinski definition) is 2. The minimum atomic E-state index is 0.600. The summed E-state index contributed by atoms with van der Waals surface area (Å²) in [5.41, 5.74) is 2.54. The largest absolute Gasteiger partial charge is 0.371 e. The maximum absolute atomic E-state index is 6.19. The Hall–Kier alpha value is -1.79. The van der Waals surface area contributed by atoms with Crippen molar-refractivity contribution in [2.75, 3.05) is 38.1 Å². The number of aryl methyl sites for hydroxylation is 2. The van der Waals surface area contributed by atoms with Gasteiger partial charge in [-0.25, -0.2) is 4.98 Å².